The molecule has 3 N–H and O–H groups in total. The molecule has 0 spiro atoms. The highest BCUT2D eigenvalue weighted by atomic mass is 32.2. The fraction of sp³-hybridized carbons (Fsp3) is 0.750. The molecule has 0 radical (unpaired) electrons. The molecule has 0 rings (SSSR count). The van der Waals surface area contributed by atoms with Gasteiger partial charge in [-0.1, -0.05) is 6.92 Å². The van der Waals surface area contributed by atoms with Crippen LogP contribution in [0.4, 0.5) is 0 Å². The van der Waals surface area contributed by atoms with E-state index >= 15 is 0 Å². The van der Waals surface area contributed by atoms with E-state index in [2.05, 4.69) is 0 Å². The molecular weight excluding hydrogens is 204 g/mol. The van der Waals surface area contributed by atoms with Crippen molar-refractivity contribution in [3.63, 3.8) is 0 Å². The highest BCUT2D eigenvalue weighted by molar-refractivity contribution is 7.99. The standard InChI is InChI=1S/C8H16N2O3S/c1-2-14-4-3-10(5-7(9)11)6-8(12)13/h2-6H2,1H3,(H2,9,11)(H,12,13). The number of nitrogens with zero attached hydrogens (tertiary/aromatic N) is 1. The summed E-state index contributed by atoms with van der Waals surface area (Å²) in [5, 5.41) is 8.55. The summed E-state index contributed by atoms with van der Waals surface area (Å²) >= 11 is 1.70. The fourth-order valence-corrected chi connectivity index (χ4v) is 1.64. The SMILES string of the molecule is CCSCCN(CC(N)=O)CC(=O)O. The summed E-state index contributed by atoms with van der Waals surface area (Å²) < 4.78 is 0. The van der Waals surface area contributed by atoms with E-state index in [4.69, 9.17) is 10.8 Å². The zero-order valence-electron chi connectivity index (χ0n) is 8.23. The largest absolute Gasteiger partial charge is 0.480 e. The lowest BCUT2D eigenvalue weighted by Gasteiger charge is -2.17. The highest BCUT2D eigenvalue weighted by Gasteiger charge is 2.11. The van der Waals surface area contributed by atoms with Gasteiger partial charge in [-0.05, 0) is 5.75 Å². The Hall–Kier alpha value is -0.750. The summed E-state index contributed by atoms with van der Waals surface area (Å²) in [6.07, 6.45) is 0. The van der Waals surface area contributed by atoms with Crippen molar-refractivity contribution in [3.05, 3.63) is 0 Å². The van der Waals surface area contributed by atoms with Crippen molar-refractivity contribution < 1.29 is 14.7 Å². The van der Waals surface area contributed by atoms with Gasteiger partial charge in [0, 0.05) is 12.3 Å². The van der Waals surface area contributed by atoms with Crippen molar-refractivity contribution >= 4 is 23.6 Å². The van der Waals surface area contributed by atoms with Crippen molar-refractivity contribution in [1.82, 2.24) is 4.90 Å². The Morgan fingerprint density at radius 1 is 1.43 bits per heavy atom. The van der Waals surface area contributed by atoms with Crippen LogP contribution in [0.2, 0.25) is 0 Å². The zero-order chi connectivity index (χ0) is 11.0. The lowest BCUT2D eigenvalue weighted by Crippen LogP contribution is -2.38. The third kappa shape index (κ3) is 7.88. The van der Waals surface area contributed by atoms with E-state index < -0.39 is 11.9 Å². The predicted octanol–water partition coefficient (Wildman–Crippen LogP) is -0.389. The second kappa shape index (κ2) is 7.64. The minimum atomic E-state index is -0.937. The molecule has 6 heteroatoms. The van der Waals surface area contributed by atoms with Crippen LogP contribution >= 0.6 is 11.8 Å². The maximum atomic E-state index is 10.6. The Labute approximate surface area is 87.6 Å². The number of carbonyl (C=O) groups excluding carboxylic acids is 1. The number of thioether (sulfide) groups is 1. The van der Waals surface area contributed by atoms with Gasteiger partial charge in [-0.25, -0.2) is 0 Å². The monoisotopic (exact) mass is 220 g/mol. The Morgan fingerprint density at radius 2 is 2.07 bits per heavy atom. The molecule has 0 atom stereocenters. The van der Waals surface area contributed by atoms with Crippen LogP contribution in [-0.4, -0.2) is 53.0 Å². The first-order valence-electron chi connectivity index (χ1n) is 4.36. The first-order valence-corrected chi connectivity index (χ1v) is 5.52. The van der Waals surface area contributed by atoms with Gasteiger partial charge in [0.25, 0.3) is 0 Å². The minimum absolute atomic E-state index is 0.0105. The average Bonchev–Trinajstić information content (AvgIpc) is 2.02. The molecule has 0 aromatic heterocycles. The number of rotatable bonds is 8. The van der Waals surface area contributed by atoms with Gasteiger partial charge in [0.05, 0.1) is 13.1 Å². The molecule has 5 nitrogen and oxygen atoms in total. The number of carboxylic acids is 1. The maximum Gasteiger partial charge on any atom is 0.317 e. The van der Waals surface area contributed by atoms with Gasteiger partial charge in [-0.3, -0.25) is 14.5 Å². The molecule has 82 valence electrons. The van der Waals surface area contributed by atoms with Gasteiger partial charge >= 0.3 is 5.97 Å². The Kier molecular flexibility index (Phi) is 7.23. The van der Waals surface area contributed by atoms with Crippen LogP contribution in [0, 0.1) is 0 Å². The molecule has 0 aromatic carbocycles. The lowest BCUT2D eigenvalue weighted by atomic mass is 10.4. The topological polar surface area (TPSA) is 83.6 Å². The average molecular weight is 220 g/mol. The van der Waals surface area contributed by atoms with Gasteiger partial charge in [-0.2, -0.15) is 11.8 Å². The molecule has 0 aliphatic heterocycles. The van der Waals surface area contributed by atoms with Gasteiger partial charge in [-0.15, -0.1) is 0 Å². The van der Waals surface area contributed by atoms with Crippen molar-refractivity contribution in [1.29, 1.82) is 0 Å². The third-order valence-electron chi connectivity index (χ3n) is 1.49. The van der Waals surface area contributed by atoms with Crippen LogP contribution in [0.5, 0.6) is 0 Å². The van der Waals surface area contributed by atoms with Crippen LogP contribution in [0.15, 0.2) is 0 Å². The molecular formula is C8H16N2O3S. The normalized spacial score (nSPS) is 10.4. The predicted molar refractivity (Wildman–Crippen MR) is 56.3 cm³/mol. The second-order valence-corrected chi connectivity index (χ2v) is 4.16. The molecule has 14 heavy (non-hydrogen) atoms. The molecule has 0 saturated heterocycles. The molecule has 0 aliphatic carbocycles. The Bertz CT molecular complexity index is 183. The van der Waals surface area contributed by atoms with E-state index in [9.17, 15) is 9.59 Å². The molecule has 0 saturated carbocycles. The molecule has 0 heterocycles. The van der Waals surface area contributed by atoms with Gasteiger partial charge in [0.2, 0.25) is 5.91 Å². The molecule has 1 amide bonds. The third-order valence-corrected chi connectivity index (χ3v) is 2.37. The van der Waals surface area contributed by atoms with E-state index in [0.29, 0.717) is 6.54 Å². The Balaban J connectivity index is 3.84. The van der Waals surface area contributed by atoms with Crippen LogP contribution in [0.3, 0.4) is 0 Å². The quantitative estimate of drug-likeness (QED) is 0.544. The van der Waals surface area contributed by atoms with Crippen molar-refractivity contribution in [2.45, 2.75) is 6.92 Å². The Morgan fingerprint density at radius 3 is 2.50 bits per heavy atom. The van der Waals surface area contributed by atoms with Crippen LogP contribution in [-0.2, 0) is 9.59 Å². The van der Waals surface area contributed by atoms with E-state index in [1.165, 1.54) is 4.90 Å². The number of nitrogens with two attached hydrogens (primary N) is 1. The zero-order valence-corrected chi connectivity index (χ0v) is 9.05. The van der Waals surface area contributed by atoms with E-state index in [1.54, 1.807) is 11.8 Å². The smallest absolute Gasteiger partial charge is 0.317 e. The maximum absolute atomic E-state index is 10.6. The van der Waals surface area contributed by atoms with E-state index in [0.717, 1.165) is 11.5 Å². The number of carboxylic acid groups (broad SMARTS) is 1. The summed E-state index contributed by atoms with van der Waals surface area (Å²) in [7, 11) is 0. The number of carbonyl (C=O) groups is 2. The summed E-state index contributed by atoms with van der Waals surface area (Å²) in [5.74, 6) is 0.370. The van der Waals surface area contributed by atoms with Gasteiger partial charge in [0.1, 0.15) is 0 Å². The van der Waals surface area contributed by atoms with Crippen molar-refractivity contribution in [3.8, 4) is 0 Å². The molecule has 0 fully saturated rings. The lowest BCUT2D eigenvalue weighted by molar-refractivity contribution is -0.138. The van der Waals surface area contributed by atoms with E-state index in [-0.39, 0.29) is 13.1 Å². The molecule has 0 unspecified atom stereocenters. The first kappa shape index (κ1) is 13.2. The van der Waals surface area contributed by atoms with Crippen molar-refractivity contribution in [2.24, 2.45) is 5.73 Å². The summed E-state index contributed by atoms with van der Waals surface area (Å²) in [6, 6.07) is 0. The van der Waals surface area contributed by atoms with Crippen molar-refractivity contribution in [2.75, 3.05) is 31.1 Å². The fourth-order valence-electron chi connectivity index (χ4n) is 0.964. The number of hydrogen-bond acceptors (Lipinski definition) is 4. The second-order valence-electron chi connectivity index (χ2n) is 2.77. The molecule has 0 bridgehead atoms. The van der Waals surface area contributed by atoms with Crippen LogP contribution in [0.1, 0.15) is 6.92 Å². The molecule has 0 aliphatic rings. The molecule has 0 aromatic rings. The number of hydrogen-bond donors (Lipinski definition) is 2. The summed E-state index contributed by atoms with van der Waals surface area (Å²) in [5.41, 5.74) is 4.99. The van der Waals surface area contributed by atoms with E-state index in [1.807, 2.05) is 6.92 Å². The summed E-state index contributed by atoms with van der Waals surface area (Å²) in [6.45, 7) is 2.48. The number of primary amides is 1. The summed E-state index contributed by atoms with van der Waals surface area (Å²) in [4.78, 5) is 22.6. The highest BCUT2D eigenvalue weighted by Crippen LogP contribution is 1.99. The number of aliphatic carboxylic acids is 1. The van der Waals surface area contributed by atoms with Gasteiger partial charge in [0.15, 0.2) is 0 Å². The number of amides is 1. The van der Waals surface area contributed by atoms with Crippen LogP contribution < -0.4 is 5.73 Å². The minimum Gasteiger partial charge on any atom is -0.480 e. The van der Waals surface area contributed by atoms with Gasteiger partial charge < -0.3 is 10.8 Å². The van der Waals surface area contributed by atoms with Crippen LogP contribution in [0.25, 0.3) is 0 Å². The first-order chi connectivity index (χ1) is 6.56.